The molecule has 0 radical (unpaired) electrons. The highest BCUT2D eigenvalue weighted by molar-refractivity contribution is 9.10. The van der Waals surface area contributed by atoms with E-state index >= 15 is 0 Å². The minimum Gasteiger partial charge on any atom is -0.450 e. The van der Waals surface area contributed by atoms with Gasteiger partial charge in [0.2, 0.25) is 5.78 Å². The lowest BCUT2D eigenvalue weighted by Gasteiger charge is -2.01. The highest BCUT2D eigenvalue weighted by Gasteiger charge is 2.21. The van der Waals surface area contributed by atoms with Crippen LogP contribution in [-0.4, -0.2) is 5.78 Å². The number of para-hydroxylation sites is 1. The number of ketones is 1. The quantitative estimate of drug-likeness (QED) is 0.727. The zero-order chi connectivity index (χ0) is 13.4. The van der Waals surface area contributed by atoms with Crippen molar-refractivity contribution < 1.29 is 9.21 Å². The Balaban J connectivity index is 2.17. The normalized spacial score (nSPS) is 10.8. The molecule has 19 heavy (non-hydrogen) atoms. The van der Waals surface area contributed by atoms with Crippen LogP contribution in [0.2, 0.25) is 0 Å². The number of fused-ring (bicyclic) bond motifs is 1. The third-order valence-electron chi connectivity index (χ3n) is 2.96. The molecule has 0 unspecified atom stereocenters. The standard InChI is InChI=1S/C15H10BrNO2/c16-11-7-3-1-5-9(11)14(18)15-13(17)10-6-2-4-8-12(10)19-15/h1-8H,17H2. The molecule has 0 aliphatic rings. The van der Waals surface area contributed by atoms with Gasteiger partial charge in [-0.05, 0) is 24.3 Å². The number of halogens is 1. The molecule has 0 bridgehead atoms. The van der Waals surface area contributed by atoms with Gasteiger partial charge in [0.1, 0.15) is 5.58 Å². The van der Waals surface area contributed by atoms with Crippen LogP contribution in [0.15, 0.2) is 57.4 Å². The second-order valence-electron chi connectivity index (χ2n) is 4.15. The first-order chi connectivity index (χ1) is 9.18. The third kappa shape index (κ3) is 1.94. The fraction of sp³-hybridized carbons (Fsp3) is 0. The van der Waals surface area contributed by atoms with Gasteiger partial charge in [0, 0.05) is 15.4 Å². The first kappa shape index (κ1) is 12.0. The summed E-state index contributed by atoms with van der Waals surface area (Å²) in [5, 5.41) is 0.762. The van der Waals surface area contributed by atoms with Gasteiger partial charge in [0.25, 0.3) is 0 Å². The molecule has 0 spiro atoms. The average Bonchev–Trinajstić information content (AvgIpc) is 2.77. The average molecular weight is 316 g/mol. The van der Waals surface area contributed by atoms with Gasteiger partial charge in [-0.3, -0.25) is 4.79 Å². The van der Waals surface area contributed by atoms with Crippen LogP contribution in [0.25, 0.3) is 11.0 Å². The molecule has 0 aliphatic heterocycles. The Morgan fingerprint density at radius 3 is 2.47 bits per heavy atom. The molecule has 0 amide bonds. The zero-order valence-electron chi connectivity index (χ0n) is 9.89. The van der Waals surface area contributed by atoms with E-state index < -0.39 is 0 Å². The molecule has 1 heterocycles. The number of carbonyl (C=O) groups excluding carboxylic acids is 1. The molecular weight excluding hydrogens is 306 g/mol. The van der Waals surface area contributed by atoms with Crippen molar-refractivity contribution in [3.63, 3.8) is 0 Å². The fourth-order valence-electron chi connectivity index (χ4n) is 2.00. The molecule has 1 aromatic heterocycles. The molecule has 0 saturated carbocycles. The van der Waals surface area contributed by atoms with Crippen molar-refractivity contribution in [3.05, 3.63) is 64.3 Å². The summed E-state index contributed by atoms with van der Waals surface area (Å²) in [7, 11) is 0. The molecule has 0 atom stereocenters. The highest BCUT2D eigenvalue weighted by atomic mass is 79.9. The van der Waals surface area contributed by atoms with Gasteiger partial charge in [-0.25, -0.2) is 0 Å². The van der Waals surface area contributed by atoms with Gasteiger partial charge in [0.15, 0.2) is 5.76 Å². The van der Waals surface area contributed by atoms with Gasteiger partial charge in [-0.2, -0.15) is 0 Å². The van der Waals surface area contributed by atoms with Crippen molar-refractivity contribution in [3.8, 4) is 0 Å². The largest absolute Gasteiger partial charge is 0.450 e. The van der Waals surface area contributed by atoms with E-state index in [1.165, 1.54) is 0 Å². The van der Waals surface area contributed by atoms with E-state index in [-0.39, 0.29) is 11.5 Å². The van der Waals surface area contributed by atoms with Crippen LogP contribution in [0.1, 0.15) is 16.1 Å². The number of carbonyl (C=O) groups is 1. The molecule has 94 valence electrons. The Labute approximate surface area is 118 Å². The van der Waals surface area contributed by atoms with E-state index in [2.05, 4.69) is 15.9 Å². The van der Waals surface area contributed by atoms with Crippen LogP contribution in [0.4, 0.5) is 5.69 Å². The van der Waals surface area contributed by atoms with Gasteiger partial charge in [-0.1, -0.05) is 40.2 Å². The highest BCUT2D eigenvalue weighted by Crippen LogP contribution is 2.31. The second-order valence-corrected chi connectivity index (χ2v) is 5.00. The van der Waals surface area contributed by atoms with Crippen LogP contribution in [0, 0.1) is 0 Å². The Kier molecular flexibility index (Phi) is 2.87. The number of nitrogen functional groups attached to an aromatic ring is 1. The molecule has 0 fully saturated rings. The summed E-state index contributed by atoms with van der Waals surface area (Å²) in [6, 6.07) is 14.5. The summed E-state index contributed by atoms with van der Waals surface area (Å²) in [5.41, 5.74) is 7.54. The van der Waals surface area contributed by atoms with Gasteiger partial charge in [0.05, 0.1) is 5.69 Å². The number of hydrogen-bond acceptors (Lipinski definition) is 3. The maximum Gasteiger partial charge on any atom is 0.231 e. The Morgan fingerprint density at radius 2 is 1.74 bits per heavy atom. The first-order valence-electron chi connectivity index (χ1n) is 5.74. The van der Waals surface area contributed by atoms with Gasteiger partial charge >= 0.3 is 0 Å². The van der Waals surface area contributed by atoms with Crippen LogP contribution >= 0.6 is 15.9 Å². The Hall–Kier alpha value is -2.07. The maximum atomic E-state index is 12.5. The lowest BCUT2D eigenvalue weighted by Crippen LogP contribution is -2.03. The molecule has 0 saturated heterocycles. The number of rotatable bonds is 2. The van der Waals surface area contributed by atoms with E-state index in [1.54, 1.807) is 18.2 Å². The van der Waals surface area contributed by atoms with Crippen molar-refractivity contribution in [1.82, 2.24) is 0 Å². The number of furan rings is 1. The third-order valence-corrected chi connectivity index (χ3v) is 3.65. The summed E-state index contributed by atoms with van der Waals surface area (Å²) in [4.78, 5) is 12.5. The van der Waals surface area contributed by atoms with Gasteiger partial charge < -0.3 is 10.2 Å². The fourth-order valence-corrected chi connectivity index (χ4v) is 2.47. The van der Waals surface area contributed by atoms with E-state index in [1.807, 2.05) is 30.3 Å². The zero-order valence-corrected chi connectivity index (χ0v) is 11.5. The predicted octanol–water partition coefficient (Wildman–Crippen LogP) is 4.01. The molecule has 3 aromatic rings. The summed E-state index contributed by atoms with van der Waals surface area (Å²) >= 11 is 3.36. The van der Waals surface area contributed by atoms with Crippen LogP contribution in [-0.2, 0) is 0 Å². The molecular formula is C15H10BrNO2. The summed E-state index contributed by atoms with van der Waals surface area (Å²) in [5.74, 6) is -0.0331. The van der Waals surface area contributed by atoms with Crippen LogP contribution < -0.4 is 5.73 Å². The topological polar surface area (TPSA) is 56.2 Å². The number of nitrogens with two attached hydrogens (primary N) is 1. The van der Waals surface area contributed by atoms with E-state index in [0.717, 1.165) is 9.86 Å². The van der Waals surface area contributed by atoms with Crippen molar-refractivity contribution in [2.45, 2.75) is 0 Å². The van der Waals surface area contributed by atoms with Crippen molar-refractivity contribution in [2.75, 3.05) is 5.73 Å². The SMILES string of the molecule is Nc1c(C(=O)c2ccccc2Br)oc2ccccc12. The van der Waals surface area contributed by atoms with E-state index in [9.17, 15) is 4.79 Å². The first-order valence-corrected chi connectivity index (χ1v) is 6.54. The monoisotopic (exact) mass is 315 g/mol. The molecule has 2 N–H and O–H groups in total. The lowest BCUT2D eigenvalue weighted by molar-refractivity contribution is 0.101. The molecule has 2 aromatic carbocycles. The summed E-state index contributed by atoms with van der Waals surface area (Å²) < 4.78 is 6.30. The van der Waals surface area contributed by atoms with Crippen molar-refractivity contribution in [2.24, 2.45) is 0 Å². The van der Waals surface area contributed by atoms with E-state index in [4.69, 9.17) is 10.2 Å². The Bertz CT molecular complexity index is 777. The maximum absolute atomic E-state index is 12.5. The van der Waals surface area contributed by atoms with Crippen LogP contribution in [0.3, 0.4) is 0 Å². The number of benzene rings is 2. The molecule has 0 aliphatic carbocycles. The minimum absolute atomic E-state index is 0.188. The molecule has 3 rings (SSSR count). The molecule has 3 nitrogen and oxygen atoms in total. The van der Waals surface area contributed by atoms with Gasteiger partial charge in [-0.15, -0.1) is 0 Å². The summed E-state index contributed by atoms with van der Waals surface area (Å²) in [6.07, 6.45) is 0. The smallest absolute Gasteiger partial charge is 0.231 e. The Morgan fingerprint density at radius 1 is 1.05 bits per heavy atom. The second kappa shape index (κ2) is 4.55. The minimum atomic E-state index is -0.221. The van der Waals surface area contributed by atoms with Crippen LogP contribution in [0.5, 0.6) is 0 Å². The lowest BCUT2D eigenvalue weighted by atomic mass is 10.1. The van der Waals surface area contributed by atoms with Crippen molar-refractivity contribution >= 4 is 38.4 Å². The number of anilines is 1. The summed E-state index contributed by atoms with van der Waals surface area (Å²) in [6.45, 7) is 0. The molecule has 4 heteroatoms. The van der Waals surface area contributed by atoms with E-state index in [0.29, 0.717) is 16.8 Å². The number of hydrogen-bond donors (Lipinski definition) is 1. The predicted molar refractivity (Wildman–Crippen MR) is 78.2 cm³/mol. The van der Waals surface area contributed by atoms with Crippen molar-refractivity contribution in [1.29, 1.82) is 0 Å².